The smallest absolute Gasteiger partial charge is 0.0197 e. The highest BCUT2D eigenvalue weighted by molar-refractivity contribution is 5.09. The molecular formula is C15H26. The van der Waals surface area contributed by atoms with Crippen molar-refractivity contribution >= 4 is 0 Å². The molecule has 1 aliphatic rings. The van der Waals surface area contributed by atoms with Crippen molar-refractivity contribution in [3.63, 3.8) is 0 Å². The van der Waals surface area contributed by atoms with Crippen LogP contribution in [0.1, 0.15) is 59.3 Å². The van der Waals surface area contributed by atoms with Crippen LogP contribution in [0.15, 0.2) is 23.8 Å². The molecule has 86 valence electrons. The van der Waals surface area contributed by atoms with Gasteiger partial charge in [0.05, 0.1) is 0 Å². The predicted molar refractivity (Wildman–Crippen MR) is 68.9 cm³/mol. The van der Waals surface area contributed by atoms with Crippen molar-refractivity contribution < 1.29 is 0 Å². The van der Waals surface area contributed by atoms with E-state index in [-0.39, 0.29) is 0 Å². The fourth-order valence-electron chi connectivity index (χ4n) is 2.52. The first-order valence-electron chi connectivity index (χ1n) is 6.45. The summed E-state index contributed by atoms with van der Waals surface area (Å²) in [6.07, 6.45) is 10.5. The van der Waals surface area contributed by atoms with E-state index >= 15 is 0 Å². The van der Waals surface area contributed by atoms with E-state index < -0.39 is 0 Å². The molecule has 1 fully saturated rings. The van der Waals surface area contributed by atoms with Gasteiger partial charge in [0, 0.05) is 0 Å². The van der Waals surface area contributed by atoms with Crippen LogP contribution < -0.4 is 0 Å². The topological polar surface area (TPSA) is 0 Å². The Hall–Kier alpha value is -0.520. The highest BCUT2D eigenvalue weighted by Gasteiger charge is 2.18. The number of allylic oxidation sites excluding steroid dienone is 3. The molecule has 1 atom stereocenters. The quantitative estimate of drug-likeness (QED) is 0.560. The van der Waals surface area contributed by atoms with E-state index in [0.29, 0.717) is 5.92 Å². The summed E-state index contributed by atoms with van der Waals surface area (Å²) in [6.45, 7) is 11.0. The summed E-state index contributed by atoms with van der Waals surface area (Å²) in [5, 5.41) is 0. The van der Waals surface area contributed by atoms with Gasteiger partial charge in [0.2, 0.25) is 0 Å². The summed E-state index contributed by atoms with van der Waals surface area (Å²) >= 11 is 0. The van der Waals surface area contributed by atoms with E-state index in [1.807, 2.05) is 0 Å². The van der Waals surface area contributed by atoms with E-state index in [0.717, 1.165) is 5.92 Å². The van der Waals surface area contributed by atoms with Crippen LogP contribution in [0.4, 0.5) is 0 Å². The Morgan fingerprint density at radius 3 is 2.47 bits per heavy atom. The van der Waals surface area contributed by atoms with E-state index in [1.54, 1.807) is 0 Å². The van der Waals surface area contributed by atoms with Gasteiger partial charge in [0.1, 0.15) is 0 Å². The second kappa shape index (κ2) is 6.15. The summed E-state index contributed by atoms with van der Waals surface area (Å²) in [4.78, 5) is 0. The first-order chi connectivity index (χ1) is 7.15. The molecule has 1 unspecified atom stereocenters. The molecule has 1 saturated carbocycles. The summed E-state index contributed by atoms with van der Waals surface area (Å²) in [6, 6.07) is 0. The van der Waals surface area contributed by atoms with Gasteiger partial charge < -0.3 is 0 Å². The van der Waals surface area contributed by atoms with Gasteiger partial charge in [-0.3, -0.25) is 0 Å². The molecule has 0 nitrogen and oxygen atoms in total. The maximum absolute atomic E-state index is 4.31. The molecule has 0 aromatic heterocycles. The van der Waals surface area contributed by atoms with E-state index in [2.05, 4.69) is 33.4 Å². The Morgan fingerprint density at radius 2 is 1.93 bits per heavy atom. The predicted octanol–water partition coefficient (Wildman–Crippen LogP) is 5.12. The minimum Gasteiger partial charge on any atom is -0.0996 e. The monoisotopic (exact) mass is 206 g/mol. The van der Waals surface area contributed by atoms with Crippen LogP contribution >= 0.6 is 0 Å². The molecule has 0 aromatic carbocycles. The van der Waals surface area contributed by atoms with Crippen LogP contribution in [-0.2, 0) is 0 Å². The normalized spacial score (nSPS) is 21.4. The van der Waals surface area contributed by atoms with E-state index in [4.69, 9.17) is 0 Å². The zero-order valence-electron chi connectivity index (χ0n) is 10.7. The highest BCUT2D eigenvalue weighted by atomic mass is 14.2. The van der Waals surface area contributed by atoms with Crippen molar-refractivity contribution in [2.24, 2.45) is 11.8 Å². The van der Waals surface area contributed by atoms with Gasteiger partial charge in [-0.15, -0.1) is 0 Å². The van der Waals surface area contributed by atoms with Crippen LogP contribution in [0.25, 0.3) is 0 Å². The molecule has 0 saturated heterocycles. The summed E-state index contributed by atoms with van der Waals surface area (Å²) < 4.78 is 0. The number of rotatable bonds is 4. The second-order valence-electron chi connectivity index (χ2n) is 5.13. The largest absolute Gasteiger partial charge is 0.0996 e. The Morgan fingerprint density at radius 1 is 1.33 bits per heavy atom. The third-order valence-electron chi connectivity index (χ3n) is 3.98. The van der Waals surface area contributed by atoms with Gasteiger partial charge in [-0.2, -0.15) is 0 Å². The van der Waals surface area contributed by atoms with Gasteiger partial charge in [-0.25, -0.2) is 0 Å². The van der Waals surface area contributed by atoms with Crippen LogP contribution in [0.2, 0.25) is 0 Å². The van der Waals surface area contributed by atoms with Crippen LogP contribution in [-0.4, -0.2) is 0 Å². The average Bonchev–Trinajstić information content (AvgIpc) is 2.29. The maximum Gasteiger partial charge on any atom is -0.0197 e. The average molecular weight is 206 g/mol. The second-order valence-corrected chi connectivity index (χ2v) is 5.13. The summed E-state index contributed by atoms with van der Waals surface area (Å²) in [5.41, 5.74) is 3.01. The first kappa shape index (κ1) is 12.5. The highest BCUT2D eigenvalue weighted by Crippen LogP contribution is 2.33. The van der Waals surface area contributed by atoms with Crippen molar-refractivity contribution in [1.29, 1.82) is 0 Å². The van der Waals surface area contributed by atoms with Gasteiger partial charge in [-0.05, 0) is 44.9 Å². The Labute approximate surface area is 95.5 Å². The molecule has 0 bridgehead atoms. The fraction of sp³-hybridized carbons (Fsp3) is 0.733. The van der Waals surface area contributed by atoms with Gasteiger partial charge in [-0.1, -0.05) is 50.0 Å². The number of hydrogen-bond donors (Lipinski definition) is 0. The minimum atomic E-state index is 0.685. The summed E-state index contributed by atoms with van der Waals surface area (Å²) in [7, 11) is 0. The van der Waals surface area contributed by atoms with Crippen molar-refractivity contribution in [2.45, 2.75) is 59.3 Å². The third-order valence-corrected chi connectivity index (χ3v) is 3.98. The molecule has 15 heavy (non-hydrogen) atoms. The lowest BCUT2D eigenvalue weighted by Gasteiger charge is -2.25. The minimum absolute atomic E-state index is 0.685. The molecule has 0 aromatic rings. The van der Waals surface area contributed by atoms with E-state index in [1.165, 1.54) is 49.7 Å². The Bertz CT molecular complexity index is 228. The Balaban J connectivity index is 2.40. The van der Waals surface area contributed by atoms with E-state index in [9.17, 15) is 0 Å². The molecule has 0 amide bonds. The van der Waals surface area contributed by atoms with Crippen molar-refractivity contribution in [3.05, 3.63) is 23.8 Å². The molecule has 0 heterocycles. The number of hydrogen-bond acceptors (Lipinski definition) is 0. The molecular weight excluding hydrogens is 180 g/mol. The van der Waals surface area contributed by atoms with Crippen LogP contribution in [0.3, 0.4) is 0 Å². The lowest BCUT2D eigenvalue weighted by Crippen LogP contribution is -2.11. The van der Waals surface area contributed by atoms with Crippen molar-refractivity contribution in [1.82, 2.24) is 0 Å². The van der Waals surface area contributed by atoms with Crippen molar-refractivity contribution in [3.8, 4) is 0 Å². The maximum atomic E-state index is 4.31. The lowest BCUT2D eigenvalue weighted by molar-refractivity contribution is 0.388. The van der Waals surface area contributed by atoms with Gasteiger partial charge in [0.15, 0.2) is 0 Å². The molecule has 0 spiro atoms. The SMILES string of the molecule is C=C(CC(C)/C(C)=C/C)C1CCCCC1. The standard InChI is InChI=1S/C15H26/c1-5-12(2)13(3)11-14(4)15-9-7-6-8-10-15/h5,13,15H,4,6-11H2,1-3H3/b12-5+. The van der Waals surface area contributed by atoms with Gasteiger partial charge in [0.25, 0.3) is 0 Å². The molecule has 1 aliphatic carbocycles. The molecule has 1 rings (SSSR count). The third kappa shape index (κ3) is 3.85. The molecule has 0 aliphatic heterocycles. The zero-order chi connectivity index (χ0) is 11.3. The molecule has 0 N–H and O–H groups in total. The van der Waals surface area contributed by atoms with Crippen molar-refractivity contribution in [2.75, 3.05) is 0 Å². The summed E-state index contributed by atoms with van der Waals surface area (Å²) in [5.74, 6) is 1.51. The van der Waals surface area contributed by atoms with Gasteiger partial charge >= 0.3 is 0 Å². The lowest BCUT2D eigenvalue weighted by atomic mass is 9.80. The molecule has 0 radical (unpaired) electrons. The fourth-order valence-corrected chi connectivity index (χ4v) is 2.52. The van der Waals surface area contributed by atoms with Crippen LogP contribution in [0.5, 0.6) is 0 Å². The zero-order valence-corrected chi connectivity index (χ0v) is 10.7. The Kier molecular flexibility index (Phi) is 5.14. The first-order valence-corrected chi connectivity index (χ1v) is 6.45. The van der Waals surface area contributed by atoms with Crippen LogP contribution in [0, 0.1) is 11.8 Å². The molecule has 0 heteroatoms.